The summed E-state index contributed by atoms with van der Waals surface area (Å²) in [5.41, 5.74) is 2.74. The maximum Gasteiger partial charge on any atom is 0.347 e. The molecule has 2 rings (SSSR count). The number of rotatable bonds is 1. The summed E-state index contributed by atoms with van der Waals surface area (Å²) in [6, 6.07) is 5.89. The predicted octanol–water partition coefficient (Wildman–Crippen LogP) is 1.18. The van der Waals surface area contributed by atoms with Gasteiger partial charge < -0.3 is 0 Å². The zero-order valence-corrected chi connectivity index (χ0v) is 8.11. The topological polar surface area (TPSA) is 50.7 Å². The van der Waals surface area contributed by atoms with E-state index in [1.54, 1.807) is 0 Å². The summed E-state index contributed by atoms with van der Waals surface area (Å²) in [6.45, 7) is 3.92. The van der Waals surface area contributed by atoms with Crippen molar-refractivity contribution in [3.8, 4) is 5.69 Å². The van der Waals surface area contributed by atoms with Crippen molar-refractivity contribution < 1.29 is 0 Å². The van der Waals surface area contributed by atoms with Gasteiger partial charge in [0.15, 0.2) is 0 Å². The molecule has 0 unspecified atom stereocenters. The van der Waals surface area contributed by atoms with Crippen LogP contribution in [0.5, 0.6) is 0 Å². The Kier molecular flexibility index (Phi) is 1.96. The second-order valence-corrected chi connectivity index (χ2v) is 3.25. The van der Waals surface area contributed by atoms with Crippen LogP contribution < -0.4 is 5.69 Å². The van der Waals surface area contributed by atoms with Crippen LogP contribution in [0.3, 0.4) is 0 Å². The molecule has 0 radical (unpaired) electrons. The summed E-state index contributed by atoms with van der Waals surface area (Å²) in [4.78, 5) is 13.9. The van der Waals surface area contributed by atoms with Crippen molar-refractivity contribution >= 4 is 0 Å². The van der Waals surface area contributed by atoms with E-state index in [1.165, 1.54) is 11.0 Å². The Balaban J connectivity index is 2.74. The van der Waals surface area contributed by atoms with E-state index < -0.39 is 0 Å². The zero-order chi connectivity index (χ0) is 10.1. The fraction of sp³-hybridized carbons (Fsp3) is 0.200. The van der Waals surface area contributed by atoms with E-state index >= 15 is 0 Å². The van der Waals surface area contributed by atoms with Crippen LogP contribution in [0.25, 0.3) is 5.69 Å². The lowest BCUT2D eigenvalue weighted by atomic mass is 10.1. The van der Waals surface area contributed by atoms with Crippen LogP contribution in [0.15, 0.2) is 29.3 Å². The number of aryl methyl sites for hydroxylation is 2. The van der Waals surface area contributed by atoms with E-state index in [0.717, 1.165) is 16.8 Å². The van der Waals surface area contributed by atoms with Gasteiger partial charge in [0.2, 0.25) is 0 Å². The number of hydrogen-bond donors (Lipinski definition) is 1. The predicted molar refractivity (Wildman–Crippen MR) is 53.7 cm³/mol. The molecule has 1 heterocycles. The van der Waals surface area contributed by atoms with Crippen molar-refractivity contribution in [1.82, 2.24) is 14.8 Å². The SMILES string of the molecule is Cc1cccc(C)c1-n1nc[nH]c1=O. The summed E-state index contributed by atoms with van der Waals surface area (Å²) in [7, 11) is 0. The number of nitrogens with zero attached hydrogens (tertiary/aromatic N) is 2. The van der Waals surface area contributed by atoms with Gasteiger partial charge in [-0.25, -0.2) is 4.79 Å². The van der Waals surface area contributed by atoms with E-state index in [2.05, 4.69) is 10.1 Å². The van der Waals surface area contributed by atoms with E-state index in [9.17, 15) is 4.79 Å². The third-order valence-electron chi connectivity index (χ3n) is 2.20. The number of para-hydroxylation sites is 1. The van der Waals surface area contributed by atoms with Gasteiger partial charge in [0, 0.05) is 0 Å². The van der Waals surface area contributed by atoms with E-state index in [1.807, 2.05) is 32.0 Å². The Morgan fingerprint density at radius 3 is 2.43 bits per heavy atom. The van der Waals surface area contributed by atoms with E-state index in [0.29, 0.717) is 0 Å². The molecule has 1 N–H and O–H groups in total. The fourth-order valence-corrected chi connectivity index (χ4v) is 1.55. The lowest BCUT2D eigenvalue weighted by molar-refractivity contribution is 0.829. The van der Waals surface area contributed by atoms with E-state index in [-0.39, 0.29) is 5.69 Å². The Morgan fingerprint density at radius 2 is 1.93 bits per heavy atom. The van der Waals surface area contributed by atoms with Gasteiger partial charge in [-0.3, -0.25) is 4.98 Å². The minimum absolute atomic E-state index is 0.206. The first kappa shape index (κ1) is 8.74. The lowest BCUT2D eigenvalue weighted by Gasteiger charge is -2.07. The van der Waals surface area contributed by atoms with Crippen LogP contribution in [-0.4, -0.2) is 14.8 Å². The molecule has 0 aliphatic rings. The summed E-state index contributed by atoms with van der Waals surface area (Å²) in [5.74, 6) is 0. The molecule has 0 saturated heterocycles. The van der Waals surface area contributed by atoms with Gasteiger partial charge in [-0.15, -0.1) is 0 Å². The van der Waals surface area contributed by atoms with Crippen LogP contribution in [-0.2, 0) is 0 Å². The van der Waals surface area contributed by atoms with Crippen molar-refractivity contribution in [2.24, 2.45) is 0 Å². The first-order valence-corrected chi connectivity index (χ1v) is 4.39. The molecule has 4 heteroatoms. The average molecular weight is 189 g/mol. The normalized spacial score (nSPS) is 10.4. The highest BCUT2D eigenvalue weighted by Crippen LogP contribution is 2.15. The number of aromatic nitrogens is 3. The smallest absolute Gasteiger partial charge is 0.295 e. The zero-order valence-electron chi connectivity index (χ0n) is 8.11. The van der Waals surface area contributed by atoms with Crippen LogP contribution in [0, 0.1) is 13.8 Å². The molecule has 1 aromatic heterocycles. The molecule has 2 aromatic rings. The van der Waals surface area contributed by atoms with Gasteiger partial charge in [0.25, 0.3) is 0 Å². The number of aromatic amines is 1. The molecule has 72 valence electrons. The number of benzene rings is 1. The molecule has 0 saturated carbocycles. The Bertz CT molecular complexity index is 490. The second-order valence-electron chi connectivity index (χ2n) is 3.25. The Morgan fingerprint density at radius 1 is 1.29 bits per heavy atom. The van der Waals surface area contributed by atoms with Gasteiger partial charge in [0.05, 0.1) is 5.69 Å². The maximum atomic E-state index is 11.4. The van der Waals surface area contributed by atoms with Crippen molar-refractivity contribution in [3.05, 3.63) is 46.1 Å². The quantitative estimate of drug-likeness (QED) is 0.732. The van der Waals surface area contributed by atoms with Crippen LogP contribution in [0.1, 0.15) is 11.1 Å². The fourth-order valence-electron chi connectivity index (χ4n) is 1.55. The monoisotopic (exact) mass is 189 g/mol. The molecule has 0 bridgehead atoms. The summed E-state index contributed by atoms with van der Waals surface area (Å²) >= 11 is 0. The highest BCUT2D eigenvalue weighted by Gasteiger charge is 2.07. The number of hydrogen-bond acceptors (Lipinski definition) is 2. The van der Waals surface area contributed by atoms with Crippen LogP contribution in [0.2, 0.25) is 0 Å². The van der Waals surface area contributed by atoms with Gasteiger partial charge in [0.1, 0.15) is 6.33 Å². The van der Waals surface area contributed by atoms with E-state index in [4.69, 9.17) is 0 Å². The van der Waals surface area contributed by atoms with Crippen molar-refractivity contribution in [1.29, 1.82) is 0 Å². The molecule has 14 heavy (non-hydrogen) atoms. The molecular formula is C10H11N3O. The van der Waals surface area contributed by atoms with Crippen molar-refractivity contribution in [2.45, 2.75) is 13.8 Å². The number of nitrogens with one attached hydrogen (secondary N) is 1. The van der Waals surface area contributed by atoms with Crippen molar-refractivity contribution in [2.75, 3.05) is 0 Å². The molecular weight excluding hydrogens is 178 g/mol. The molecule has 1 aromatic carbocycles. The van der Waals surface area contributed by atoms with Gasteiger partial charge >= 0.3 is 5.69 Å². The third kappa shape index (κ3) is 1.25. The van der Waals surface area contributed by atoms with Gasteiger partial charge in [-0.2, -0.15) is 9.78 Å². The molecule has 0 spiro atoms. The third-order valence-corrected chi connectivity index (χ3v) is 2.20. The number of H-pyrrole nitrogens is 1. The minimum Gasteiger partial charge on any atom is -0.295 e. The standard InChI is InChI=1S/C10H11N3O/c1-7-4-3-5-8(2)9(7)13-10(14)11-6-12-13/h3-6H,1-2H3,(H,11,12,14). The Hall–Kier alpha value is -1.84. The van der Waals surface area contributed by atoms with Crippen molar-refractivity contribution in [3.63, 3.8) is 0 Å². The molecule has 0 aliphatic carbocycles. The molecule has 0 atom stereocenters. The minimum atomic E-state index is -0.206. The maximum absolute atomic E-state index is 11.4. The lowest BCUT2D eigenvalue weighted by Crippen LogP contribution is -2.18. The molecule has 0 fully saturated rings. The van der Waals surface area contributed by atoms with Crippen LogP contribution >= 0.6 is 0 Å². The second kappa shape index (κ2) is 3.14. The summed E-state index contributed by atoms with van der Waals surface area (Å²) < 4.78 is 1.38. The van der Waals surface area contributed by atoms with Gasteiger partial charge in [-0.05, 0) is 25.0 Å². The van der Waals surface area contributed by atoms with Crippen LogP contribution in [0.4, 0.5) is 0 Å². The summed E-state index contributed by atoms with van der Waals surface area (Å²) in [5, 5.41) is 3.96. The molecule has 0 amide bonds. The first-order valence-electron chi connectivity index (χ1n) is 4.39. The summed E-state index contributed by atoms with van der Waals surface area (Å²) in [6.07, 6.45) is 1.40. The highest BCUT2D eigenvalue weighted by atomic mass is 16.1. The average Bonchev–Trinajstić information content (AvgIpc) is 2.52. The Labute approximate surface area is 81.2 Å². The highest BCUT2D eigenvalue weighted by molar-refractivity contribution is 5.45. The van der Waals surface area contributed by atoms with Gasteiger partial charge in [-0.1, -0.05) is 18.2 Å². The largest absolute Gasteiger partial charge is 0.347 e. The molecule has 0 aliphatic heterocycles. The molecule has 4 nitrogen and oxygen atoms in total. The first-order chi connectivity index (χ1) is 6.70.